The minimum absolute atomic E-state index is 0.0329. The van der Waals surface area contributed by atoms with E-state index in [9.17, 15) is 39.3 Å². The molecule has 6 unspecified atom stereocenters. The number of aliphatic carboxylic acids is 1. The van der Waals surface area contributed by atoms with E-state index in [1.807, 2.05) is 0 Å². The molecule has 0 aliphatic carbocycles. The van der Waals surface area contributed by atoms with Crippen LogP contribution in [-0.4, -0.2) is 75.2 Å². The molecule has 36 heavy (non-hydrogen) atoms. The van der Waals surface area contributed by atoms with E-state index in [4.69, 9.17) is 11.5 Å². The van der Waals surface area contributed by atoms with Crippen molar-refractivity contribution in [3.63, 3.8) is 0 Å². The molecular formula is C23H35N5O8. The summed E-state index contributed by atoms with van der Waals surface area (Å²) in [6, 6.07) is 0.472. The van der Waals surface area contributed by atoms with Crippen LogP contribution in [0, 0.1) is 5.92 Å². The Hall–Kier alpha value is -3.71. The largest absolute Gasteiger partial charge is 0.508 e. The van der Waals surface area contributed by atoms with Crippen molar-refractivity contribution in [3.05, 3.63) is 29.8 Å². The van der Waals surface area contributed by atoms with E-state index >= 15 is 0 Å². The minimum Gasteiger partial charge on any atom is -0.508 e. The number of carbonyl (C=O) groups is 5. The van der Waals surface area contributed by atoms with Gasteiger partial charge in [0.05, 0.1) is 18.6 Å². The number of amides is 4. The average Bonchev–Trinajstić information content (AvgIpc) is 2.80. The third kappa shape index (κ3) is 9.50. The molecule has 0 aliphatic rings. The lowest BCUT2D eigenvalue weighted by Crippen LogP contribution is -2.60. The Balaban J connectivity index is 2.96. The Labute approximate surface area is 208 Å². The average molecular weight is 510 g/mol. The summed E-state index contributed by atoms with van der Waals surface area (Å²) >= 11 is 0. The van der Waals surface area contributed by atoms with Crippen LogP contribution in [0.15, 0.2) is 24.3 Å². The monoisotopic (exact) mass is 509 g/mol. The van der Waals surface area contributed by atoms with Crippen LogP contribution < -0.4 is 27.4 Å². The van der Waals surface area contributed by atoms with Gasteiger partial charge in [0, 0.05) is 0 Å². The number of aromatic hydroxyl groups is 1. The molecule has 0 heterocycles. The van der Waals surface area contributed by atoms with Crippen LogP contribution in [0.5, 0.6) is 5.75 Å². The second-order valence-electron chi connectivity index (χ2n) is 8.65. The number of nitrogens with one attached hydrogen (secondary N) is 3. The number of nitrogens with two attached hydrogens (primary N) is 2. The van der Waals surface area contributed by atoms with E-state index in [1.165, 1.54) is 19.1 Å². The maximum absolute atomic E-state index is 12.9. The molecule has 1 aromatic rings. The molecule has 4 amide bonds. The molecule has 0 saturated carbocycles. The Kier molecular flexibility index (Phi) is 11.8. The fourth-order valence-corrected chi connectivity index (χ4v) is 3.25. The number of carboxylic acids is 1. The van der Waals surface area contributed by atoms with Crippen LogP contribution >= 0.6 is 0 Å². The number of phenols is 1. The van der Waals surface area contributed by atoms with E-state index < -0.39 is 72.2 Å². The van der Waals surface area contributed by atoms with Crippen LogP contribution in [0.4, 0.5) is 0 Å². The Morgan fingerprint density at radius 3 is 1.94 bits per heavy atom. The summed E-state index contributed by atoms with van der Waals surface area (Å²) in [4.78, 5) is 61.2. The van der Waals surface area contributed by atoms with Gasteiger partial charge in [-0.2, -0.15) is 0 Å². The summed E-state index contributed by atoms with van der Waals surface area (Å²) in [5.41, 5.74) is 11.7. The van der Waals surface area contributed by atoms with Gasteiger partial charge in [0.25, 0.3) is 0 Å². The van der Waals surface area contributed by atoms with Gasteiger partial charge in [-0.15, -0.1) is 0 Å². The van der Waals surface area contributed by atoms with Gasteiger partial charge in [0.1, 0.15) is 23.9 Å². The number of aliphatic hydroxyl groups excluding tert-OH is 1. The lowest BCUT2D eigenvalue weighted by Gasteiger charge is -2.27. The molecule has 0 aromatic heterocycles. The molecule has 1 aromatic carbocycles. The van der Waals surface area contributed by atoms with Gasteiger partial charge in [0.2, 0.25) is 23.6 Å². The lowest BCUT2D eigenvalue weighted by molar-refractivity contribution is -0.144. The summed E-state index contributed by atoms with van der Waals surface area (Å²) in [6.45, 7) is 4.57. The molecule has 0 aliphatic heterocycles. The third-order valence-corrected chi connectivity index (χ3v) is 5.61. The Morgan fingerprint density at radius 1 is 0.917 bits per heavy atom. The predicted molar refractivity (Wildman–Crippen MR) is 128 cm³/mol. The maximum Gasteiger partial charge on any atom is 0.326 e. The fourth-order valence-electron chi connectivity index (χ4n) is 3.25. The molecule has 0 radical (unpaired) electrons. The second kappa shape index (κ2) is 14.0. The molecule has 1 rings (SSSR count). The number of carbonyl (C=O) groups excluding carboxylic acids is 4. The first-order valence-corrected chi connectivity index (χ1v) is 11.4. The SMILES string of the molecule is CCC(C)C(NC(=O)C(NC(=O)C(CC(N)=O)NC(=O)C(N)Cc1ccc(O)cc1)C(C)O)C(=O)O. The third-order valence-electron chi connectivity index (χ3n) is 5.61. The first-order valence-electron chi connectivity index (χ1n) is 11.4. The number of carboxylic acid groups (broad SMARTS) is 1. The number of benzene rings is 1. The zero-order chi connectivity index (χ0) is 27.6. The van der Waals surface area contributed by atoms with Gasteiger partial charge in [-0.1, -0.05) is 32.4 Å². The molecule has 0 saturated heterocycles. The predicted octanol–water partition coefficient (Wildman–Crippen LogP) is -1.90. The Bertz CT molecular complexity index is 937. The van der Waals surface area contributed by atoms with Gasteiger partial charge in [-0.25, -0.2) is 4.79 Å². The van der Waals surface area contributed by atoms with Gasteiger partial charge in [-0.05, 0) is 37.0 Å². The van der Waals surface area contributed by atoms with Gasteiger partial charge in [-0.3, -0.25) is 19.2 Å². The van der Waals surface area contributed by atoms with Crippen molar-refractivity contribution in [2.24, 2.45) is 17.4 Å². The fraction of sp³-hybridized carbons (Fsp3) is 0.522. The quantitative estimate of drug-likeness (QED) is 0.140. The van der Waals surface area contributed by atoms with Crippen molar-refractivity contribution >= 4 is 29.6 Å². The first-order chi connectivity index (χ1) is 16.8. The number of phenolic OH excluding ortho intramolecular Hbond substituents is 1. The summed E-state index contributed by atoms with van der Waals surface area (Å²) in [5, 5.41) is 35.7. The van der Waals surface area contributed by atoms with Crippen molar-refractivity contribution in [2.45, 2.75) is 70.3 Å². The number of rotatable bonds is 14. The zero-order valence-electron chi connectivity index (χ0n) is 20.4. The number of hydrogen-bond acceptors (Lipinski definition) is 8. The summed E-state index contributed by atoms with van der Waals surface area (Å²) in [6.07, 6.45) is -1.56. The highest BCUT2D eigenvalue weighted by atomic mass is 16.4. The minimum atomic E-state index is -1.58. The van der Waals surface area contributed by atoms with Crippen molar-refractivity contribution in [1.82, 2.24) is 16.0 Å². The first kappa shape index (κ1) is 30.3. The van der Waals surface area contributed by atoms with Crippen LogP contribution in [0.1, 0.15) is 39.2 Å². The van der Waals surface area contributed by atoms with Crippen LogP contribution in [0.2, 0.25) is 0 Å². The van der Waals surface area contributed by atoms with Crippen molar-refractivity contribution in [2.75, 3.05) is 0 Å². The van der Waals surface area contributed by atoms with E-state index in [0.717, 1.165) is 0 Å². The molecule has 0 bridgehead atoms. The molecule has 0 fully saturated rings. The molecule has 0 spiro atoms. The van der Waals surface area contributed by atoms with E-state index in [1.54, 1.807) is 26.0 Å². The highest BCUT2D eigenvalue weighted by Gasteiger charge is 2.34. The van der Waals surface area contributed by atoms with Crippen molar-refractivity contribution < 1.29 is 39.3 Å². The molecule has 10 N–H and O–H groups in total. The van der Waals surface area contributed by atoms with Gasteiger partial charge < -0.3 is 42.7 Å². The summed E-state index contributed by atoms with van der Waals surface area (Å²) in [5.74, 6) is -5.36. The van der Waals surface area contributed by atoms with Crippen LogP contribution in [-0.2, 0) is 30.4 Å². The topological polar surface area (TPSA) is 234 Å². The second-order valence-corrected chi connectivity index (χ2v) is 8.65. The van der Waals surface area contributed by atoms with E-state index in [-0.39, 0.29) is 12.2 Å². The highest BCUT2D eigenvalue weighted by Crippen LogP contribution is 2.11. The Morgan fingerprint density at radius 2 is 1.47 bits per heavy atom. The lowest BCUT2D eigenvalue weighted by atomic mass is 9.98. The van der Waals surface area contributed by atoms with Gasteiger partial charge in [0.15, 0.2) is 0 Å². The summed E-state index contributed by atoms with van der Waals surface area (Å²) < 4.78 is 0. The number of hydrogen-bond donors (Lipinski definition) is 8. The van der Waals surface area contributed by atoms with Crippen molar-refractivity contribution in [1.29, 1.82) is 0 Å². The van der Waals surface area contributed by atoms with E-state index in [2.05, 4.69) is 16.0 Å². The van der Waals surface area contributed by atoms with E-state index in [0.29, 0.717) is 12.0 Å². The highest BCUT2D eigenvalue weighted by molar-refractivity contribution is 5.96. The number of primary amides is 1. The normalized spacial score (nSPS) is 15.9. The molecule has 200 valence electrons. The standard InChI is InChI=1S/C23H35N5O8/c1-4-11(2)18(23(35)36)27-22(34)19(12(3)29)28-21(33)16(10-17(25)31)26-20(32)15(24)9-13-5-7-14(30)8-6-13/h5-8,11-12,15-16,18-19,29-30H,4,9-10,24H2,1-3H3,(H2,25,31)(H,26,32)(H,27,34)(H,28,33)(H,35,36). The smallest absolute Gasteiger partial charge is 0.326 e. The molecule has 6 atom stereocenters. The van der Waals surface area contributed by atoms with Crippen LogP contribution in [0.25, 0.3) is 0 Å². The molecule has 13 heteroatoms. The van der Waals surface area contributed by atoms with Crippen molar-refractivity contribution in [3.8, 4) is 5.75 Å². The number of aliphatic hydroxyl groups is 1. The molecule has 13 nitrogen and oxygen atoms in total. The van der Waals surface area contributed by atoms with Crippen LogP contribution in [0.3, 0.4) is 0 Å². The zero-order valence-corrected chi connectivity index (χ0v) is 20.4. The van der Waals surface area contributed by atoms with Gasteiger partial charge >= 0.3 is 5.97 Å². The molecular weight excluding hydrogens is 474 g/mol. The summed E-state index contributed by atoms with van der Waals surface area (Å²) in [7, 11) is 0. The maximum atomic E-state index is 12.9.